The highest BCUT2D eigenvalue weighted by Gasteiger charge is 2.08. The minimum atomic E-state index is 0.383. The van der Waals surface area contributed by atoms with Gasteiger partial charge in [0.25, 0.3) is 0 Å². The van der Waals surface area contributed by atoms with Gasteiger partial charge in [-0.05, 0) is 38.1 Å². The molecular weight excluding hydrogens is 208 g/mol. The molecule has 0 saturated heterocycles. The Balaban J connectivity index is 2.41. The zero-order chi connectivity index (χ0) is 12.3. The van der Waals surface area contributed by atoms with Crippen LogP contribution in [-0.2, 0) is 0 Å². The quantitative estimate of drug-likeness (QED) is 0.530. The van der Waals surface area contributed by atoms with Gasteiger partial charge in [0.15, 0.2) is 0 Å². The number of likely N-dealkylation sites (N-methyl/N-ethyl adjacent to an activating group) is 1. The average Bonchev–Trinajstić information content (AvgIpc) is 2.38. The minimum Gasteiger partial charge on any atom is -0.318 e. The topological polar surface area (TPSA) is 24.1 Å². The van der Waals surface area contributed by atoms with Gasteiger partial charge in [-0.2, -0.15) is 0 Å². The van der Waals surface area contributed by atoms with Crippen LogP contribution in [-0.4, -0.2) is 20.1 Å². The van der Waals surface area contributed by atoms with Crippen LogP contribution in [0.5, 0.6) is 0 Å². The van der Waals surface area contributed by atoms with E-state index in [0.717, 1.165) is 25.9 Å². The van der Waals surface area contributed by atoms with Crippen LogP contribution < -0.4 is 10.6 Å². The van der Waals surface area contributed by atoms with Crippen molar-refractivity contribution in [2.45, 2.75) is 18.9 Å². The second kappa shape index (κ2) is 8.77. The van der Waals surface area contributed by atoms with E-state index in [2.05, 4.69) is 53.3 Å². The summed E-state index contributed by atoms with van der Waals surface area (Å²) < 4.78 is 0. The minimum absolute atomic E-state index is 0.383. The van der Waals surface area contributed by atoms with Crippen LogP contribution in [0.15, 0.2) is 48.7 Å². The molecule has 0 aliphatic rings. The van der Waals surface area contributed by atoms with E-state index in [-0.39, 0.29) is 0 Å². The van der Waals surface area contributed by atoms with E-state index >= 15 is 0 Å². The molecule has 0 saturated carbocycles. The van der Waals surface area contributed by atoms with Crippen molar-refractivity contribution in [2.24, 2.45) is 0 Å². The third-order valence-corrected chi connectivity index (χ3v) is 2.67. The number of hydrogen-bond acceptors (Lipinski definition) is 2. The fourth-order valence-electron chi connectivity index (χ4n) is 1.78. The Bertz CT molecular complexity index is 339. The first kappa shape index (κ1) is 13.7. The van der Waals surface area contributed by atoms with Gasteiger partial charge < -0.3 is 10.6 Å². The van der Waals surface area contributed by atoms with E-state index in [1.54, 1.807) is 0 Å². The van der Waals surface area contributed by atoms with Crippen LogP contribution in [0.4, 0.5) is 0 Å². The van der Waals surface area contributed by atoms with Crippen molar-refractivity contribution in [3.63, 3.8) is 0 Å². The largest absolute Gasteiger partial charge is 0.318 e. The molecule has 92 valence electrons. The summed E-state index contributed by atoms with van der Waals surface area (Å²) in [6, 6.07) is 10.9. The summed E-state index contributed by atoms with van der Waals surface area (Å²) >= 11 is 0. The smallest absolute Gasteiger partial charge is 0.0446 e. The Kier molecular flexibility index (Phi) is 7.08. The summed E-state index contributed by atoms with van der Waals surface area (Å²) in [5.41, 5.74) is 4.13. The van der Waals surface area contributed by atoms with E-state index in [1.165, 1.54) is 5.56 Å². The Morgan fingerprint density at radius 2 is 2.12 bits per heavy atom. The maximum atomic E-state index is 3.57. The van der Waals surface area contributed by atoms with E-state index in [4.69, 9.17) is 0 Å². The zero-order valence-corrected chi connectivity index (χ0v) is 10.6. The number of unbranched alkanes of at least 4 members (excludes halogenated alkanes) is 1. The summed E-state index contributed by atoms with van der Waals surface area (Å²) in [5, 5.41) is 6.79. The molecule has 0 aliphatic heterocycles. The second-order valence-electron chi connectivity index (χ2n) is 4.03. The van der Waals surface area contributed by atoms with Gasteiger partial charge in [-0.25, -0.2) is 0 Å². The zero-order valence-electron chi connectivity index (χ0n) is 10.6. The first-order valence-electron chi connectivity index (χ1n) is 6.15. The van der Waals surface area contributed by atoms with Gasteiger partial charge in [0.1, 0.15) is 0 Å². The molecule has 0 aliphatic carbocycles. The number of rotatable bonds is 8. The lowest BCUT2D eigenvalue weighted by Crippen LogP contribution is -2.30. The molecule has 0 amide bonds. The highest BCUT2D eigenvalue weighted by molar-refractivity contribution is 5.19. The molecule has 1 atom stereocenters. The van der Waals surface area contributed by atoms with Crippen molar-refractivity contribution < 1.29 is 0 Å². The molecule has 1 aromatic carbocycles. The van der Waals surface area contributed by atoms with Crippen molar-refractivity contribution in [2.75, 3.05) is 20.1 Å². The standard InChI is InChI=1S/C15H22N2/c1-3-4-5-9-12-17-15(13-16-2)14-10-7-6-8-11-14/h4,6-8,10-11,15-17H,1,5,9,12-13H2,2H3/t15-/m0/s1. The average molecular weight is 230 g/mol. The predicted octanol–water partition coefficient (Wildman–Crippen LogP) is 2.66. The maximum absolute atomic E-state index is 3.57. The summed E-state index contributed by atoms with van der Waals surface area (Å²) in [5.74, 6) is 0. The van der Waals surface area contributed by atoms with Crippen molar-refractivity contribution in [3.8, 4) is 0 Å². The first-order valence-corrected chi connectivity index (χ1v) is 6.15. The lowest BCUT2D eigenvalue weighted by Gasteiger charge is -2.18. The van der Waals surface area contributed by atoms with Crippen LogP contribution in [0.3, 0.4) is 0 Å². The summed E-state index contributed by atoms with van der Waals surface area (Å²) in [4.78, 5) is 0. The Morgan fingerprint density at radius 1 is 1.35 bits per heavy atom. The van der Waals surface area contributed by atoms with Gasteiger partial charge in [0.05, 0.1) is 0 Å². The molecule has 0 spiro atoms. The fraction of sp³-hybridized carbons (Fsp3) is 0.400. The molecular formula is C15H22N2. The van der Waals surface area contributed by atoms with Crippen molar-refractivity contribution in [3.05, 3.63) is 54.3 Å². The molecule has 0 aromatic heterocycles. The number of nitrogens with one attached hydrogen (secondary N) is 2. The van der Waals surface area contributed by atoms with Crippen LogP contribution in [0.2, 0.25) is 0 Å². The van der Waals surface area contributed by atoms with Crippen molar-refractivity contribution in [1.29, 1.82) is 0 Å². The molecule has 0 bridgehead atoms. The SMILES string of the molecule is C=C=CCCCN[C@@H](CNC)c1ccccc1. The normalized spacial score (nSPS) is 11.8. The van der Waals surface area contributed by atoms with Crippen molar-refractivity contribution in [1.82, 2.24) is 10.6 Å². The molecule has 0 heterocycles. The number of allylic oxidation sites excluding steroid dienone is 1. The Morgan fingerprint density at radius 3 is 2.76 bits per heavy atom. The molecule has 17 heavy (non-hydrogen) atoms. The van der Waals surface area contributed by atoms with Crippen LogP contribution in [0, 0.1) is 0 Å². The van der Waals surface area contributed by atoms with E-state index in [1.807, 2.05) is 13.1 Å². The van der Waals surface area contributed by atoms with E-state index < -0.39 is 0 Å². The molecule has 2 N–H and O–H groups in total. The third kappa shape index (κ3) is 5.50. The predicted molar refractivity (Wildman–Crippen MR) is 74.1 cm³/mol. The fourth-order valence-corrected chi connectivity index (χ4v) is 1.78. The monoisotopic (exact) mass is 230 g/mol. The summed E-state index contributed by atoms with van der Waals surface area (Å²) in [6.07, 6.45) is 4.14. The number of hydrogen-bond donors (Lipinski definition) is 2. The van der Waals surface area contributed by atoms with Gasteiger partial charge >= 0.3 is 0 Å². The van der Waals surface area contributed by atoms with Crippen LogP contribution in [0.25, 0.3) is 0 Å². The summed E-state index contributed by atoms with van der Waals surface area (Å²) in [6.45, 7) is 5.52. The molecule has 2 heteroatoms. The molecule has 1 rings (SSSR count). The lowest BCUT2D eigenvalue weighted by molar-refractivity contribution is 0.503. The lowest BCUT2D eigenvalue weighted by atomic mass is 10.1. The van der Waals surface area contributed by atoms with Gasteiger partial charge in [-0.1, -0.05) is 36.9 Å². The van der Waals surface area contributed by atoms with Gasteiger partial charge in [0, 0.05) is 12.6 Å². The van der Waals surface area contributed by atoms with Crippen LogP contribution >= 0.6 is 0 Å². The summed E-state index contributed by atoms with van der Waals surface area (Å²) in [7, 11) is 1.98. The molecule has 0 unspecified atom stereocenters. The van der Waals surface area contributed by atoms with Crippen molar-refractivity contribution >= 4 is 0 Å². The van der Waals surface area contributed by atoms with E-state index in [9.17, 15) is 0 Å². The Hall–Kier alpha value is -1.34. The molecule has 0 radical (unpaired) electrons. The van der Waals surface area contributed by atoms with Gasteiger partial charge in [-0.3, -0.25) is 0 Å². The maximum Gasteiger partial charge on any atom is 0.0446 e. The second-order valence-corrected chi connectivity index (χ2v) is 4.03. The van der Waals surface area contributed by atoms with Gasteiger partial charge in [-0.15, -0.1) is 5.73 Å². The van der Waals surface area contributed by atoms with E-state index in [0.29, 0.717) is 6.04 Å². The first-order chi connectivity index (χ1) is 8.38. The molecule has 0 fully saturated rings. The Labute approximate surface area is 104 Å². The molecule has 2 nitrogen and oxygen atoms in total. The third-order valence-electron chi connectivity index (χ3n) is 2.67. The highest BCUT2D eigenvalue weighted by Crippen LogP contribution is 2.11. The van der Waals surface area contributed by atoms with Gasteiger partial charge in [0.2, 0.25) is 0 Å². The highest BCUT2D eigenvalue weighted by atomic mass is 15.0. The number of benzene rings is 1. The molecule has 1 aromatic rings. The van der Waals surface area contributed by atoms with Crippen LogP contribution in [0.1, 0.15) is 24.4 Å².